The molecule has 0 saturated carbocycles. The Balaban J connectivity index is 0.000000149. The second-order valence-corrected chi connectivity index (χ2v) is 14.7. The normalized spacial score (nSPS) is 11.8. The molecule has 1 radical (unpaired) electrons. The van der Waals surface area contributed by atoms with Gasteiger partial charge in [-0.15, -0.1) is 18.2 Å². The number of hydrogen-bond donors (Lipinski definition) is 0. The Kier molecular flexibility index (Phi) is 9.46. The third-order valence-electron chi connectivity index (χ3n) is 9.63. The quantitative estimate of drug-likeness (QED) is 0.129. The van der Waals surface area contributed by atoms with Crippen LogP contribution in [0.4, 0.5) is 22.7 Å². The number of pyridine rings is 2. The van der Waals surface area contributed by atoms with Gasteiger partial charge in [0.15, 0.2) is 0 Å². The number of furan rings is 1. The number of hydrogen-bond acceptors (Lipinski definition) is 6. The average molecular weight is 932 g/mol. The van der Waals surface area contributed by atoms with Gasteiger partial charge in [-0.2, -0.15) is 0 Å². The topological polar surface area (TPSA) is 54.6 Å². The summed E-state index contributed by atoms with van der Waals surface area (Å²) in [4.78, 5) is 13.6. The molecule has 6 nitrogen and oxygen atoms in total. The van der Waals surface area contributed by atoms with E-state index in [9.17, 15) is 0 Å². The van der Waals surface area contributed by atoms with Crippen molar-refractivity contribution < 1.29 is 29.3 Å². The SMILES string of the molecule is CN1c2ccccc2N(C)c2c(-c3cc4ccoc4cn3)[c-]ccc21.COc1ccc(-c2cccc3c2[se]c2c(-c4ccccn4)[c-]ccc23)cc1.[Ir]. The maximum Gasteiger partial charge on any atom is 0 e. The van der Waals surface area contributed by atoms with Crippen LogP contribution in [0, 0.1) is 12.1 Å². The van der Waals surface area contributed by atoms with Gasteiger partial charge in [0.25, 0.3) is 0 Å². The molecule has 1 aliphatic rings. The van der Waals surface area contributed by atoms with E-state index in [-0.39, 0.29) is 34.6 Å². The molecule has 10 rings (SSSR count). The number of para-hydroxylation sites is 2. The Morgan fingerprint density at radius 2 is 1.43 bits per heavy atom. The van der Waals surface area contributed by atoms with E-state index in [1.807, 2.05) is 48.7 Å². The molecule has 8 heteroatoms. The van der Waals surface area contributed by atoms with Crippen molar-refractivity contribution in [2.24, 2.45) is 0 Å². The molecule has 0 atom stereocenters. The first kappa shape index (κ1) is 34.6. The van der Waals surface area contributed by atoms with Gasteiger partial charge in [-0.1, -0.05) is 23.8 Å². The number of fused-ring (bicyclic) bond motifs is 6. The molecule has 261 valence electrons. The summed E-state index contributed by atoms with van der Waals surface area (Å²) in [5.74, 6) is 0.882. The minimum atomic E-state index is 0. The van der Waals surface area contributed by atoms with E-state index in [1.54, 1.807) is 19.6 Å². The summed E-state index contributed by atoms with van der Waals surface area (Å²) in [5, 5.41) is 3.70. The Labute approximate surface area is 327 Å². The van der Waals surface area contributed by atoms with E-state index >= 15 is 0 Å². The van der Waals surface area contributed by atoms with Crippen LogP contribution in [0.3, 0.4) is 0 Å². The Bertz CT molecular complexity index is 2730. The monoisotopic (exact) mass is 933 g/mol. The third kappa shape index (κ3) is 6.14. The summed E-state index contributed by atoms with van der Waals surface area (Å²) >= 11 is 0.214. The summed E-state index contributed by atoms with van der Waals surface area (Å²) in [6, 6.07) is 48.5. The predicted octanol–water partition coefficient (Wildman–Crippen LogP) is 10.7. The molecular formula is C45H32IrN4O2Se-2. The van der Waals surface area contributed by atoms with Crippen LogP contribution >= 0.6 is 0 Å². The molecule has 5 aromatic carbocycles. The molecule has 0 amide bonds. The molecule has 4 aromatic heterocycles. The van der Waals surface area contributed by atoms with Crippen LogP contribution in [0.1, 0.15) is 0 Å². The molecule has 9 aromatic rings. The summed E-state index contributed by atoms with van der Waals surface area (Å²) in [6.45, 7) is 0. The van der Waals surface area contributed by atoms with Crippen molar-refractivity contribution in [3.63, 3.8) is 0 Å². The first-order valence-corrected chi connectivity index (χ1v) is 18.7. The molecule has 0 unspecified atom stereocenters. The van der Waals surface area contributed by atoms with Gasteiger partial charge in [0.05, 0.1) is 23.8 Å². The third-order valence-corrected chi connectivity index (χ3v) is 12.3. The summed E-state index contributed by atoms with van der Waals surface area (Å²) in [7, 11) is 5.89. The second-order valence-electron chi connectivity index (χ2n) is 12.5. The van der Waals surface area contributed by atoms with Crippen molar-refractivity contribution in [3.8, 4) is 39.4 Å². The van der Waals surface area contributed by atoms with Gasteiger partial charge < -0.3 is 19.2 Å². The van der Waals surface area contributed by atoms with Gasteiger partial charge in [-0.25, -0.2) is 0 Å². The summed E-state index contributed by atoms with van der Waals surface area (Å²) < 4.78 is 13.5. The zero-order chi connectivity index (χ0) is 35.2. The molecule has 1 aliphatic heterocycles. The first-order valence-electron chi connectivity index (χ1n) is 17.0. The van der Waals surface area contributed by atoms with Crippen LogP contribution in [0.25, 0.3) is 63.9 Å². The van der Waals surface area contributed by atoms with Gasteiger partial charge in [-0.05, 0) is 35.3 Å². The van der Waals surface area contributed by atoms with Gasteiger partial charge >= 0.3 is 164 Å². The van der Waals surface area contributed by atoms with E-state index in [2.05, 4.69) is 125 Å². The molecule has 0 N–H and O–H groups in total. The van der Waals surface area contributed by atoms with Crippen LogP contribution < -0.4 is 14.5 Å². The maximum atomic E-state index is 5.41. The van der Waals surface area contributed by atoms with Crippen LogP contribution in [0.2, 0.25) is 0 Å². The van der Waals surface area contributed by atoms with Crippen molar-refractivity contribution in [2.45, 2.75) is 0 Å². The largest absolute Gasteiger partial charge is 0 e. The van der Waals surface area contributed by atoms with Crippen molar-refractivity contribution in [1.82, 2.24) is 9.97 Å². The number of rotatable bonds is 4. The average Bonchev–Trinajstić information content (AvgIpc) is 3.85. The Morgan fingerprint density at radius 3 is 2.23 bits per heavy atom. The maximum absolute atomic E-state index is 5.41. The van der Waals surface area contributed by atoms with Crippen molar-refractivity contribution in [2.75, 3.05) is 31.0 Å². The summed E-state index contributed by atoms with van der Waals surface area (Å²) in [6.07, 6.45) is 5.31. The Morgan fingerprint density at radius 1 is 0.679 bits per heavy atom. The van der Waals surface area contributed by atoms with E-state index in [0.717, 1.165) is 50.6 Å². The fourth-order valence-corrected chi connectivity index (χ4v) is 9.85. The van der Waals surface area contributed by atoms with Crippen molar-refractivity contribution >= 4 is 67.5 Å². The molecule has 0 saturated heterocycles. The zero-order valence-corrected chi connectivity index (χ0v) is 33.2. The molecule has 0 fully saturated rings. The minimum Gasteiger partial charge on any atom is 0 e. The fourth-order valence-electron chi connectivity index (χ4n) is 7.03. The van der Waals surface area contributed by atoms with Crippen molar-refractivity contribution in [3.05, 3.63) is 152 Å². The minimum absolute atomic E-state index is 0. The van der Waals surface area contributed by atoms with Crippen LogP contribution in [-0.4, -0.2) is 45.7 Å². The molecule has 5 heterocycles. The fraction of sp³-hybridized carbons (Fsp3) is 0.0667. The zero-order valence-electron chi connectivity index (χ0n) is 29.1. The predicted molar refractivity (Wildman–Crippen MR) is 213 cm³/mol. The van der Waals surface area contributed by atoms with Gasteiger partial charge in [0.1, 0.15) is 5.58 Å². The number of anilines is 4. The van der Waals surface area contributed by atoms with Gasteiger partial charge in [-0.3, -0.25) is 0 Å². The van der Waals surface area contributed by atoms with Gasteiger partial charge in [0, 0.05) is 39.6 Å². The molecular weight excluding hydrogens is 900 g/mol. The van der Waals surface area contributed by atoms with Crippen LogP contribution in [0.5, 0.6) is 5.75 Å². The second kappa shape index (κ2) is 14.5. The van der Waals surface area contributed by atoms with E-state index in [0.29, 0.717) is 0 Å². The van der Waals surface area contributed by atoms with Crippen molar-refractivity contribution in [1.29, 1.82) is 0 Å². The summed E-state index contributed by atoms with van der Waals surface area (Å²) in [5.41, 5.74) is 11.9. The molecule has 0 spiro atoms. The number of aromatic nitrogens is 2. The van der Waals surface area contributed by atoms with Crippen LogP contribution in [0.15, 0.2) is 144 Å². The number of ether oxygens (including phenoxy) is 1. The van der Waals surface area contributed by atoms with Crippen LogP contribution in [-0.2, 0) is 20.1 Å². The number of benzene rings is 5. The number of methoxy groups -OCH3 is 1. The van der Waals surface area contributed by atoms with E-state index in [1.165, 1.54) is 41.8 Å². The van der Waals surface area contributed by atoms with E-state index < -0.39 is 0 Å². The number of nitrogens with zero attached hydrogens (tertiary/aromatic N) is 4. The smallest absolute Gasteiger partial charge is 0 e. The Hall–Kier alpha value is -5.49. The first-order chi connectivity index (χ1) is 25.6. The molecule has 0 aliphatic carbocycles. The molecule has 0 bridgehead atoms. The molecule has 53 heavy (non-hydrogen) atoms. The van der Waals surface area contributed by atoms with E-state index in [4.69, 9.17) is 9.15 Å². The van der Waals surface area contributed by atoms with Gasteiger partial charge in [0.2, 0.25) is 0 Å². The standard InChI is InChI=1S/C24H16NOSe.C21H16N3O.Ir/c1-26-17-13-11-16(12-14-17)18-6-4-7-19-20-8-5-9-21(24(20)27-23(18)19)22-10-2-3-15-25-22;1-23-17-7-3-4-8-18(17)24(2)21-15(6-5-9-19(21)23)16-12-14-10-11-25-20(14)13-22-16;/h2-8,10-15H,1H3;3-5,7-13H,1-2H3;/q2*-1;.